The molecule has 4 heteroatoms. The molecule has 0 spiro atoms. The molecule has 1 saturated heterocycles. The fraction of sp³-hybridized carbons (Fsp3) is 0.647. The molecule has 1 aliphatic rings. The molecule has 0 unspecified atom stereocenters. The Labute approximate surface area is 128 Å². The number of nitrogens with zero attached hydrogens (tertiary/aromatic N) is 2. The predicted molar refractivity (Wildman–Crippen MR) is 88.7 cm³/mol. The van der Waals surface area contributed by atoms with E-state index in [9.17, 15) is 0 Å². The first kappa shape index (κ1) is 16.1. The van der Waals surface area contributed by atoms with E-state index in [1.165, 1.54) is 32.5 Å². The third-order valence-corrected chi connectivity index (χ3v) is 4.13. The van der Waals surface area contributed by atoms with E-state index in [0.717, 1.165) is 36.9 Å². The maximum Gasteiger partial charge on any atom is 0.142 e. The SMILES string of the molecule is CN(C)CC1CCN(CCCOc2ccccc2N)CC1. The van der Waals surface area contributed by atoms with Gasteiger partial charge in [0, 0.05) is 13.1 Å². The van der Waals surface area contributed by atoms with E-state index in [2.05, 4.69) is 23.9 Å². The molecule has 0 amide bonds. The number of benzene rings is 1. The molecular formula is C17H29N3O. The first-order valence-corrected chi connectivity index (χ1v) is 7.99. The molecule has 1 aliphatic heterocycles. The molecule has 0 atom stereocenters. The number of anilines is 1. The highest BCUT2D eigenvalue weighted by Gasteiger charge is 2.19. The fourth-order valence-electron chi connectivity index (χ4n) is 2.99. The van der Waals surface area contributed by atoms with Gasteiger partial charge in [0.15, 0.2) is 0 Å². The van der Waals surface area contributed by atoms with Crippen LogP contribution in [0.25, 0.3) is 0 Å². The zero-order valence-electron chi connectivity index (χ0n) is 13.4. The summed E-state index contributed by atoms with van der Waals surface area (Å²) >= 11 is 0. The van der Waals surface area contributed by atoms with Crippen LogP contribution in [-0.2, 0) is 0 Å². The van der Waals surface area contributed by atoms with Gasteiger partial charge in [-0.2, -0.15) is 0 Å². The summed E-state index contributed by atoms with van der Waals surface area (Å²) in [5, 5.41) is 0. The second kappa shape index (κ2) is 8.25. The van der Waals surface area contributed by atoms with Gasteiger partial charge in [-0.15, -0.1) is 0 Å². The van der Waals surface area contributed by atoms with Crippen LogP contribution in [-0.4, -0.2) is 56.7 Å². The van der Waals surface area contributed by atoms with Crippen LogP contribution in [0, 0.1) is 5.92 Å². The second-order valence-electron chi connectivity index (χ2n) is 6.29. The average Bonchev–Trinajstić information content (AvgIpc) is 2.46. The molecule has 118 valence electrons. The van der Waals surface area contributed by atoms with Gasteiger partial charge in [0.05, 0.1) is 12.3 Å². The van der Waals surface area contributed by atoms with Crippen molar-refractivity contribution >= 4 is 5.69 Å². The molecule has 0 bridgehead atoms. The first-order chi connectivity index (χ1) is 10.1. The minimum Gasteiger partial charge on any atom is -0.491 e. The van der Waals surface area contributed by atoms with Crippen LogP contribution in [0.3, 0.4) is 0 Å². The van der Waals surface area contributed by atoms with Crippen LogP contribution in [0.5, 0.6) is 5.75 Å². The quantitative estimate of drug-likeness (QED) is 0.618. The van der Waals surface area contributed by atoms with E-state index < -0.39 is 0 Å². The molecule has 2 N–H and O–H groups in total. The molecule has 0 aliphatic carbocycles. The Morgan fingerprint density at radius 1 is 1.24 bits per heavy atom. The largest absolute Gasteiger partial charge is 0.491 e. The number of hydrogen-bond acceptors (Lipinski definition) is 4. The summed E-state index contributed by atoms with van der Waals surface area (Å²) in [4.78, 5) is 4.86. The lowest BCUT2D eigenvalue weighted by Gasteiger charge is -2.33. The van der Waals surface area contributed by atoms with E-state index in [-0.39, 0.29) is 0 Å². The van der Waals surface area contributed by atoms with Crippen molar-refractivity contribution in [2.24, 2.45) is 5.92 Å². The molecule has 1 fully saturated rings. The van der Waals surface area contributed by atoms with E-state index in [1.54, 1.807) is 0 Å². The Kier molecular flexibility index (Phi) is 6.33. The van der Waals surface area contributed by atoms with Crippen molar-refractivity contribution in [1.82, 2.24) is 9.80 Å². The zero-order chi connectivity index (χ0) is 15.1. The van der Waals surface area contributed by atoms with Gasteiger partial charge in [-0.3, -0.25) is 0 Å². The maximum absolute atomic E-state index is 5.86. The lowest BCUT2D eigenvalue weighted by atomic mass is 9.96. The third-order valence-electron chi connectivity index (χ3n) is 4.13. The van der Waals surface area contributed by atoms with Gasteiger partial charge >= 0.3 is 0 Å². The molecule has 0 radical (unpaired) electrons. The number of likely N-dealkylation sites (tertiary alicyclic amines) is 1. The number of ether oxygens (including phenoxy) is 1. The molecule has 1 aromatic rings. The van der Waals surface area contributed by atoms with Crippen LogP contribution in [0.1, 0.15) is 19.3 Å². The molecule has 0 aromatic heterocycles. The topological polar surface area (TPSA) is 41.7 Å². The van der Waals surface area contributed by atoms with Gasteiger partial charge < -0.3 is 20.3 Å². The highest BCUT2D eigenvalue weighted by molar-refractivity contribution is 5.51. The van der Waals surface area contributed by atoms with Gasteiger partial charge in [0.1, 0.15) is 5.75 Å². The van der Waals surface area contributed by atoms with Gasteiger partial charge in [-0.1, -0.05) is 12.1 Å². The summed E-state index contributed by atoms with van der Waals surface area (Å²) in [5.41, 5.74) is 6.59. The van der Waals surface area contributed by atoms with E-state index in [0.29, 0.717) is 0 Å². The van der Waals surface area contributed by atoms with Crippen molar-refractivity contribution in [2.45, 2.75) is 19.3 Å². The summed E-state index contributed by atoms with van der Waals surface area (Å²) in [7, 11) is 4.33. The van der Waals surface area contributed by atoms with E-state index in [4.69, 9.17) is 10.5 Å². The minimum absolute atomic E-state index is 0.724. The molecule has 21 heavy (non-hydrogen) atoms. The van der Waals surface area contributed by atoms with Crippen molar-refractivity contribution in [2.75, 3.05) is 52.6 Å². The Morgan fingerprint density at radius 3 is 2.62 bits per heavy atom. The number of hydrogen-bond donors (Lipinski definition) is 1. The summed E-state index contributed by atoms with van der Waals surface area (Å²) in [5.74, 6) is 1.68. The highest BCUT2D eigenvalue weighted by atomic mass is 16.5. The first-order valence-electron chi connectivity index (χ1n) is 7.99. The fourth-order valence-corrected chi connectivity index (χ4v) is 2.99. The molecule has 1 heterocycles. The van der Waals surface area contributed by atoms with Crippen molar-refractivity contribution < 1.29 is 4.74 Å². The molecule has 2 rings (SSSR count). The number of nitrogen functional groups attached to an aromatic ring is 1. The Bertz CT molecular complexity index is 414. The number of para-hydroxylation sites is 2. The molecular weight excluding hydrogens is 262 g/mol. The Morgan fingerprint density at radius 2 is 1.95 bits per heavy atom. The van der Waals surface area contributed by atoms with Crippen molar-refractivity contribution in [3.05, 3.63) is 24.3 Å². The maximum atomic E-state index is 5.86. The molecule has 4 nitrogen and oxygen atoms in total. The monoisotopic (exact) mass is 291 g/mol. The Hall–Kier alpha value is -1.26. The Balaban J connectivity index is 1.59. The van der Waals surface area contributed by atoms with Crippen LogP contribution < -0.4 is 10.5 Å². The lowest BCUT2D eigenvalue weighted by molar-refractivity contribution is 0.153. The lowest BCUT2D eigenvalue weighted by Crippen LogP contribution is -2.37. The van der Waals surface area contributed by atoms with Crippen LogP contribution >= 0.6 is 0 Å². The normalized spacial score (nSPS) is 17.3. The average molecular weight is 291 g/mol. The predicted octanol–water partition coefficient (Wildman–Crippen LogP) is 2.31. The third kappa shape index (κ3) is 5.56. The van der Waals surface area contributed by atoms with Gasteiger partial charge in [-0.05, 0) is 64.5 Å². The van der Waals surface area contributed by atoms with E-state index in [1.807, 2.05) is 24.3 Å². The van der Waals surface area contributed by atoms with Crippen molar-refractivity contribution in [3.8, 4) is 5.75 Å². The number of rotatable bonds is 7. The minimum atomic E-state index is 0.724. The number of piperidine rings is 1. The van der Waals surface area contributed by atoms with Gasteiger partial charge in [0.25, 0.3) is 0 Å². The molecule has 1 aromatic carbocycles. The van der Waals surface area contributed by atoms with Crippen molar-refractivity contribution in [1.29, 1.82) is 0 Å². The van der Waals surface area contributed by atoms with Crippen LogP contribution in [0.2, 0.25) is 0 Å². The smallest absolute Gasteiger partial charge is 0.142 e. The highest BCUT2D eigenvalue weighted by Crippen LogP contribution is 2.20. The van der Waals surface area contributed by atoms with Gasteiger partial charge in [0.2, 0.25) is 0 Å². The van der Waals surface area contributed by atoms with Crippen LogP contribution in [0.15, 0.2) is 24.3 Å². The summed E-state index contributed by atoms with van der Waals surface area (Å²) < 4.78 is 5.74. The van der Waals surface area contributed by atoms with Crippen molar-refractivity contribution in [3.63, 3.8) is 0 Å². The second-order valence-corrected chi connectivity index (χ2v) is 6.29. The molecule has 0 saturated carbocycles. The van der Waals surface area contributed by atoms with Gasteiger partial charge in [-0.25, -0.2) is 0 Å². The van der Waals surface area contributed by atoms with E-state index >= 15 is 0 Å². The number of nitrogens with two attached hydrogens (primary N) is 1. The summed E-state index contributed by atoms with van der Waals surface area (Å²) in [6.07, 6.45) is 3.71. The van der Waals surface area contributed by atoms with Crippen LogP contribution in [0.4, 0.5) is 5.69 Å². The standard InChI is InChI=1S/C17H29N3O/c1-19(2)14-15-8-11-20(12-9-15)10-5-13-21-17-7-4-3-6-16(17)18/h3-4,6-7,15H,5,8-14,18H2,1-2H3. The zero-order valence-corrected chi connectivity index (χ0v) is 13.4. The summed E-state index contributed by atoms with van der Waals surface area (Å²) in [6.45, 7) is 5.55. The summed E-state index contributed by atoms with van der Waals surface area (Å²) in [6, 6.07) is 7.70.